The third kappa shape index (κ3) is 3.11. The minimum Gasteiger partial charge on any atom is -0.299 e. The third-order valence-corrected chi connectivity index (χ3v) is 5.22. The van der Waals surface area contributed by atoms with Gasteiger partial charge in [-0.3, -0.25) is 4.79 Å². The molecule has 0 amide bonds. The monoisotopic (exact) mass is 240 g/mol. The number of hydrogen-bond acceptors (Lipinski definition) is 1. The second kappa shape index (κ2) is 5.12. The highest BCUT2D eigenvalue weighted by atomic mass is 16.1. The van der Waals surface area contributed by atoms with Gasteiger partial charge in [-0.15, -0.1) is 0 Å². The Bertz CT molecular complexity index is 266. The lowest BCUT2D eigenvalue weighted by Crippen LogP contribution is -2.49. The summed E-state index contributed by atoms with van der Waals surface area (Å²) in [4.78, 5) is 12.6. The molecule has 0 aromatic rings. The van der Waals surface area contributed by atoms with Crippen molar-refractivity contribution in [3.05, 3.63) is 0 Å². The van der Waals surface area contributed by atoms with Gasteiger partial charge in [0.2, 0.25) is 0 Å². The summed E-state index contributed by atoms with van der Waals surface area (Å²) in [6.07, 6.45) is 2.08. The third-order valence-electron chi connectivity index (χ3n) is 5.22. The second-order valence-corrected chi connectivity index (χ2v) is 7.55. The van der Waals surface area contributed by atoms with Crippen LogP contribution in [0, 0.1) is 22.2 Å². The van der Waals surface area contributed by atoms with E-state index in [2.05, 4.69) is 62.3 Å². The van der Waals surface area contributed by atoms with Crippen LogP contribution >= 0.6 is 0 Å². The molecule has 0 radical (unpaired) electrons. The zero-order valence-electron chi connectivity index (χ0n) is 13.4. The number of carbonyl (C=O) groups excluding carboxylic acids is 1. The Morgan fingerprint density at radius 3 is 1.71 bits per heavy atom. The Balaban J connectivity index is 5.20. The van der Waals surface area contributed by atoms with Crippen molar-refractivity contribution in [2.75, 3.05) is 0 Å². The molecule has 0 aliphatic heterocycles. The van der Waals surface area contributed by atoms with Gasteiger partial charge in [0.15, 0.2) is 0 Å². The number of Topliss-reactive ketones (excluding diaryl/α,β-unsaturated/α-hetero) is 1. The van der Waals surface area contributed by atoms with Gasteiger partial charge < -0.3 is 0 Å². The molecule has 1 atom stereocenters. The zero-order chi connectivity index (χ0) is 14.1. The summed E-state index contributed by atoms with van der Waals surface area (Å²) in [7, 11) is 0. The van der Waals surface area contributed by atoms with E-state index >= 15 is 0 Å². The Kier molecular flexibility index (Phi) is 5.02. The lowest BCUT2D eigenvalue weighted by atomic mass is 9.53. The van der Waals surface area contributed by atoms with Crippen molar-refractivity contribution in [1.82, 2.24) is 0 Å². The van der Waals surface area contributed by atoms with Crippen LogP contribution in [0.2, 0.25) is 0 Å². The maximum absolute atomic E-state index is 12.6. The molecule has 0 saturated carbocycles. The Labute approximate surface area is 108 Å². The number of hydrogen-bond donors (Lipinski definition) is 0. The molecule has 102 valence electrons. The van der Waals surface area contributed by atoms with Crippen LogP contribution in [0.25, 0.3) is 0 Å². The summed E-state index contributed by atoms with van der Waals surface area (Å²) in [5, 5.41) is 0. The largest absolute Gasteiger partial charge is 0.299 e. The fourth-order valence-electron chi connectivity index (χ4n) is 2.43. The lowest BCUT2D eigenvalue weighted by Gasteiger charge is -2.50. The van der Waals surface area contributed by atoms with E-state index < -0.39 is 0 Å². The van der Waals surface area contributed by atoms with Gasteiger partial charge in [0, 0.05) is 11.3 Å². The molecule has 0 aliphatic carbocycles. The Hall–Kier alpha value is -0.330. The molecule has 1 nitrogen and oxygen atoms in total. The molecule has 0 aromatic carbocycles. The molecular weight excluding hydrogens is 208 g/mol. The van der Waals surface area contributed by atoms with Crippen LogP contribution in [0.4, 0.5) is 0 Å². The molecule has 0 fully saturated rings. The first kappa shape index (κ1) is 16.7. The molecule has 0 N–H and O–H groups in total. The van der Waals surface area contributed by atoms with E-state index in [4.69, 9.17) is 0 Å². The van der Waals surface area contributed by atoms with Crippen LogP contribution in [-0.4, -0.2) is 5.78 Å². The van der Waals surface area contributed by atoms with Crippen LogP contribution in [0.3, 0.4) is 0 Å². The van der Waals surface area contributed by atoms with E-state index in [1.165, 1.54) is 0 Å². The number of carbonyl (C=O) groups is 1. The molecule has 0 bridgehead atoms. The molecule has 17 heavy (non-hydrogen) atoms. The van der Waals surface area contributed by atoms with Crippen molar-refractivity contribution < 1.29 is 4.79 Å². The Morgan fingerprint density at radius 1 is 1.00 bits per heavy atom. The van der Waals surface area contributed by atoms with Crippen molar-refractivity contribution in [2.45, 2.75) is 75.2 Å². The minimum absolute atomic E-state index is 0.0148. The van der Waals surface area contributed by atoms with E-state index in [0.29, 0.717) is 5.78 Å². The van der Waals surface area contributed by atoms with Gasteiger partial charge >= 0.3 is 0 Å². The fourth-order valence-corrected chi connectivity index (χ4v) is 2.43. The van der Waals surface area contributed by atoms with E-state index in [9.17, 15) is 4.79 Å². The van der Waals surface area contributed by atoms with Crippen LogP contribution in [0.1, 0.15) is 75.2 Å². The Morgan fingerprint density at radius 2 is 1.41 bits per heavy atom. The molecule has 1 heteroatoms. The molecule has 0 aliphatic rings. The van der Waals surface area contributed by atoms with Crippen LogP contribution in [0.15, 0.2) is 0 Å². The predicted octanol–water partition coefficient (Wildman–Crippen LogP) is 5.09. The van der Waals surface area contributed by atoms with E-state index in [-0.39, 0.29) is 22.2 Å². The molecule has 1 unspecified atom stereocenters. The first-order chi connectivity index (χ1) is 7.39. The second-order valence-electron chi connectivity index (χ2n) is 7.55. The van der Waals surface area contributed by atoms with Crippen molar-refractivity contribution in [3.63, 3.8) is 0 Å². The highest BCUT2D eigenvalue weighted by Crippen LogP contribution is 2.52. The fraction of sp³-hybridized carbons (Fsp3) is 0.938. The van der Waals surface area contributed by atoms with Gasteiger partial charge in [0.1, 0.15) is 5.78 Å². The average molecular weight is 240 g/mol. The highest BCUT2D eigenvalue weighted by Gasteiger charge is 2.50. The zero-order valence-corrected chi connectivity index (χ0v) is 13.4. The van der Waals surface area contributed by atoms with Gasteiger partial charge in [-0.1, -0.05) is 68.7 Å². The van der Waals surface area contributed by atoms with Gasteiger partial charge in [-0.25, -0.2) is 0 Å². The summed E-state index contributed by atoms with van der Waals surface area (Å²) in [6, 6.07) is 0. The summed E-state index contributed by atoms with van der Waals surface area (Å²) in [5.74, 6) is 0.593. The van der Waals surface area contributed by atoms with Crippen molar-refractivity contribution in [3.8, 4) is 0 Å². The van der Waals surface area contributed by atoms with Crippen molar-refractivity contribution in [2.24, 2.45) is 22.2 Å². The van der Waals surface area contributed by atoms with E-state index in [1.54, 1.807) is 0 Å². The average Bonchev–Trinajstić information content (AvgIpc) is 2.14. The van der Waals surface area contributed by atoms with Crippen LogP contribution in [0.5, 0.6) is 0 Å². The summed E-state index contributed by atoms with van der Waals surface area (Å²) in [6.45, 7) is 19.6. The van der Waals surface area contributed by atoms with Gasteiger partial charge in [-0.05, 0) is 17.3 Å². The molecule has 0 heterocycles. The van der Waals surface area contributed by atoms with Crippen LogP contribution in [-0.2, 0) is 4.79 Å². The van der Waals surface area contributed by atoms with E-state index in [1.807, 2.05) is 0 Å². The van der Waals surface area contributed by atoms with Crippen molar-refractivity contribution >= 4 is 5.78 Å². The van der Waals surface area contributed by atoms with Crippen LogP contribution < -0.4 is 0 Å². The summed E-state index contributed by atoms with van der Waals surface area (Å²) >= 11 is 0. The molecule has 0 spiro atoms. The van der Waals surface area contributed by atoms with Gasteiger partial charge in [0.25, 0.3) is 0 Å². The molecular formula is C16H32O. The number of rotatable bonds is 5. The van der Waals surface area contributed by atoms with Gasteiger partial charge in [0.05, 0.1) is 0 Å². The molecule has 0 aromatic heterocycles. The predicted molar refractivity (Wildman–Crippen MR) is 76.1 cm³/mol. The number of ketones is 1. The quantitative estimate of drug-likeness (QED) is 0.654. The van der Waals surface area contributed by atoms with Crippen molar-refractivity contribution in [1.29, 1.82) is 0 Å². The SMILES string of the molecule is CCCC(C)C(=O)C(C)(C)C(C)(C)C(C)(C)C. The van der Waals surface area contributed by atoms with E-state index in [0.717, 1.165) is 12.8 Å². The molecule has 0 saturated heterocycles. The normalized spacial score (nSPS) is 15.8. The standard InChI is InChI=1S/C16H32O/c1-10-11-12(2)13(17)15(6,7)16(8,9)14(3,4)5/h12H,10-11H2,1-9H3. The maximum Gasteiger partial charge on any atom is 0.141 e. The summed E-state index contributed by atoms with van der Waals surface area (Å²) in [5.41, 5.74) is -0.170. The smallest absolute Gasteiger partial charge is 0.141 e. The lowest BCUT2D eigenvalue weighted by molar-refractivity contribution is -0.142. The molecule has 0 rings (SSSR count). The van der Waals surface area contributed by atoms with Gasteiger partial charge in [-0.2, -0.15) is 0 Å². The highest BCUT2D eigenvalue weighted by molar-refractivity contribution is 5.86. The maximum atomic E-state index is 12.6. The summed E-state index contributed by atoms with van der Waals surface area (Å²) < 4.78 is 0. The first-order valence-corrected chi connectivity index (χ1v) is 6.94. The minimum atomic E-state index is -0.278. The topological polar surface area (TPSA) is 17.1 Å². The first-order valence-electron chi connectivity index (χ1n) is 6.94.